The zero-order chi connectivity index (χ0) is 18.7. The van der Waals surface area contributed by atoms with Crippen molar-refractivity contribution >= 4 is 28.9 Å². The molecule has 5 nitrogen and oxygen atoms in total. The number of benzene rings is 2. The molecule has 0 atom stereocenters. The van der Waals surface area contributed by atoms with Crippen LogP contribution in [0.1, 0.15) is 12.0 Å². The topological polar surface area (TPSA) is 65.1 Å². The predicted molar refractivity (Wildman–Crippen MR) is 109 cm³/mol. The van der Waals surface area contributed by atoms with Gasteiger partial charge in [0.25, 0.3) is 0 Å². The van der Waals surface area contributed by atoms with Gasteiger partial charge in [0.1, 0.15) is 5.75 Å². The number of para-hydroxylation sites is 1. The van der Waals surface area contributed by atoms with E-state index in [1.807, 2.05) is 50.5 Å². The van der Waals surface area contributed by atoms with Crippen molar-refractivity contribution in [3.63, 3.8) is 0 Å². The van der Waals surface area contributed by atoms with E-state index in [4.69, 9.17) is 17.3 Å². The van der Waals surface area contributed by atoms with Crippen molar-refractivity contribution in [1.82, 2.24) is 4.90 Å². The van der Waals surface area contributed by atoms with Gasteiger partial charge in [-0.05, 0) is 36.3 Å². The first-order chi connectivity index (χ1) is 12.5. The molecule has 3 N–H and O–H groups in total. The van der Waals surface area contributed by atoms with E-state index in [1.165, 1.54) is 5.57 Å². The lowest BCUT2D eigenvalue weighted by Gasteiger charge is -2.19. The summed E-state index contributed by atoms with van der Waals surface area (Å²) < 4.78 is 0. The fraction of sp³-hybridized carbons (Fsp3) is 0.250. The highest BCUT2D eigenvalue weighted by molar-refractivity contribution is 6.33. The first-order valence-electron chi connectivity index (χ1n) is 8.48. The average molecular weight is 371 g/mol. The standard InChI is InChI=1S/C20H23ClN4O/c1-24(2)20(22)23-19(14-6-5-7-16(26)12-14)15-10-11-25(13-15)18-9-4-3-8-17(18)21/h3-9,12,26H,10-11,13H2,1-2H3,(H2,22,23). The number of nitrogens with two attached hydrogens (primary N) is 1. The zero-order valence-corrected chi connectivity index (χ0v) is 15.7. The number of hydrogen-bond acceptors (Lipinski definition) is 3. The van der Waals surface area contributed by atoms with Crippen LogP contribution in [0.3, 0.4) is 0 Å². The van der Waals surface area contributed by atoms with Crippen LogP contribution in [0.2, 0.25) is 5.02 Å². The van der Waals surface area contributed by atoms with E-state index < -0.39 is 0 Å². The van der Waals surface area contributed by atoms with Crippen molar-refractivity contribution in [3.05, 3.63) is 64.7 Å². The Morgan fingerprint density at radius 3 is 2.65 bits per heavy atom. The van der Waals surface area contributed by atoms with Gasteiger partial charge in [-0.15, -0.1) is 0 Å². The maximum atomic E-state index is 9.87. The number of guanidine groups is 1. The van der Waals surface area contributed by atoms with Crippen LogP contribution in [0.25, 0.3) is 5.70 Å². The van der Waals surface area contributed by atoms with Gasteiger partial charge in [0.2, 0.25) is 0 Å². The third-order valence-corrected chi connectivity index (χ3v) is 4.72. The lowest BCUT2D eigenvalue weighted by atomic mass is 10.1. The summed E-state index contributed by atoms with van der Waals surface area (Å²) in [5, 5.41) is 10.6. The summed E-state index contributed by atoms with van der Waals surface area (Å²) in [6.07, 6.45) is 0.862. The molecule has 0 unspecified atom stereocenters. The number of anilines is 1. The first-order valence-corrected chi connectivity index (χ1v) is 8.86. The van der Waals surface area contributed by atoms with Gasteiger partial charge in [0, 0.05) is 32.7 Å². The first kappa shape index (κ1) is 18.1. The minimum Gasteiger partial charge on any atom is -0.508 e. The van der Waals surface area contributed by atoms with E-state index >= 15 is 0 Å². The fourth-order valence-corrected chi connectivity index (χ4v) is 3.24. The number of phenols is 1. The molecule has 1 saturated heterocycles. The van der Waals surface area contributed by atoms with Crippen LogP contribution >= 0.6 is 11.6 Å². The molecule has 0 radical (unpaired) electrons. The summed E-state index contributed by atoms with van der Waals surface area (Å²) in [6, 6.07) is 15.0. The van der Waals surface area contributed by atoms with Crippen molar-refractivity contribution in [2.24, 2.45) is 10.7 Å². The molecule has 26 heavy (non-hydrogen) atoms. The maximum absolute atomic E-state index is 9.87. The van der Waals surface area contributed by atoms with Crippen molar-refractivity contribution in [3.8, 4) is 5.75 Å². The number of aromatic hydroxyl groups is 1. The van der Waals surface area contributed by atoms with Gasteiger partial charge in [-0.25, -0.2) is 4.99 Å². The van der Waals surface area contributed by atoms with E-state index in [0.29, 0.717) is 5.96 Å². The minimum atomic E-state index is 0.209. The summed E-state index contributed by atoms with van der Waals surface area (Å²) in [6.45, 7) is 1.58. The molecule has 1 aliphatic rings. The molecule has 2 aromatic rings. The van der Waals surface area contributed by atoms with Gasteiger partial charge in [-0.2, -0.15) is 0 Å². The predicted octanol–water partition coefficient (Wildman–Crippen LogP) is 3.54. The normalized spacial score (nSPS) is 16.7. The Morgan fingerprint density at radius 2 is 1.96 bits per heavy atom. The molecule has 1 heterocycles. The van der Waals surface area contributed by atoms with E-state index in [2.05, 4.69) is 9.89 Å². The Morgan fingerprint density at radius 1 is 1.19 bits per heavy atom. The van der Waals surface area contributed by atoms with Crippen LogP contribution in [-0.2, 0) is 0 Å². The van der Waals surface area contributed by atoms with Gasteiger partial charge in [0.15, 0.2) is 5.96 Å². The minimum absolute atomic E-state index is 0.209. The SMILES string of the molecule is CN(C)C(N)=NC(=C1CCN(c2ccccc2Cl)C1)c1cccc(O)c1. The highest BCUT2D eigenvalue weighted by Gasteiger charge is 2.23. The van der Waals surface area contributed by atoms with Gasteiger partial charge in [-0.3, -0.25) is 0 Å². The lowest BCUT2D eigenvalue weighted by Crippen LogP contribution is -2.30. The number of nitrogens with zero attached hydrogens (tertiary/aromatic N) is 3. The number of hydrogen-bond donors (Lipinski definition) is 2. The molecule has 2 aromatic carbocycles. The number of halogens is 1. The third-order valence-electron chi connectivity index (χ3n) is 4.40. The molecule has 0 bridgehead atoms. The Balaban J connectivity index is 2.01. The van der Waals surface area contributed by atoms with Crippen molar-refractivity contribution in [1.29, 1.82) is 0 Å². The van der Waals surface area contributed by atoms with Crippen molar-refractivity contribution in [2.45, 2.75) is 6.42 Å². The Hall–Kier alpha value is -2.66. The van der Waals surface area contributed by atoms with E-state index in [0.717, 1.165) is 41.5 Å². The molecule has 0 aliphatic carbocycles. The van der Waals surface area contributed by atoms with Crippen molar-refractivity contribution in [2.75, 3.05) is 32.1 Å². The zero-order valence-electron chi connectivity index (χ0n) is 15.0. The second kappa shape index (κ2) is 7.70. The maximum Gasteiger partial charge on any atom is 0.195 e. The highest BCUT2D eigenvalue weighted by atomic mass is 35.5. The van der Waals surface area contributed by atoms with Gasteiger partial charge in [-0.1, -0.05) is 35.9 Å². The van der Waals surface area contributed by atoms with E-state index in [-0.39, 0.29) is 5.75 Å². The van der Waals surface area contributed by atoms with Gasteiger partial charge < -0.3 is 20.6 Å². The van der Waals surface area contributed by atoms with Gasteiger partial charge >= 0.3 is 0 Å². The molecule has 6 heteroatoms. The largest absolute Gasteiger partial charge is 0.508 e. The summed E-state index contributed by atoms with van der Waals surface area (Å²) >= 11 is 6.35. The fourth-order valence-electron chi connectivity index (χ4n) is 2.98. The van der Waals surface area contributed by atoms with Gasteiger partial charge in [0.05, 0.1) is 16.4 Å². The lowest BCUT2D eigenvalue weighted by molar-refractivity contribution is 0.475. The molecule has 0 aromatic heterocycles. The van der Waals surface area contributed by atoms with Crippen LogP contribution in [0, 0.1) is 0 Å². The Kier molecular flexibility index (Phi) is 5.38. The van der Waals surface area contributed by atoms with Crippen LogP contribution in [0.5, 0.6) is 5.75 Å². The molecule has 0 spiro atoms. The molecule has 0 saturated carbocycles. The summed E-state index contributed by atoms with van der Waals surface area (Å²) in [5.74, 6) is 0.632. The van der Waals surface area contributed by atoms with E-state index in [1.54, 1.807) is 17.0 Å². The quantitative estimate of drug-likeness (QED) is 0.640. The van der Waals surface area contributed by atoms with Crippen LogP contribution in [-0.4, -0.2) is 43.2 Å². The van der Waals surface area contributed by atoms with Crippen LogP contribution in [0.4, 0.5) is 5.69 Å². The highest BCUT2D eigenvalue weighted by Crippen LogP contribution is 2.34. The number of phenolic OH excluding ortho intramolecular Hbond substituents is 1. The number of aliphatic imine (C=N–C) groups is 1. The molecular formula is C20H23ClN4O. The molecule has 1 aliphatic heterocycles. The second-order valence-electron chi connectivity index (χ2n) is 6.49. The molecule has 136 valence electrons. The second-order valence-corrected chi connectivity index (χ2v) is 6.90. The molecule has 1 fully saturated rings. The van der Waals surface area contributed by atoms with E-state index in [9.17, 15) is 5.11 Å². The monoisotopic (exact) mass is 370 g/mol. The number of rotatable bonds is 3. The Bertz CT molecular complexity index is 860. The van der Waals surface area contributed by atoms with Crippen molar-refractivity contribution < 1.29 is 5.11 Å². The summed E-state index contributed by atoms with van der Waals surface area (Å²) in [7, 11) is 3.71. The van der Waals surface area contributed by atoms with Crippen LogP contribution in [0.15, 0.2) is 59.1 Å². The third kappa shape index (κ3) is 3.94. The molecular weight excluding hydrogens is 348 g/mol. The molecule has 0 amide bonds. The van der Waals surface area contributed by atoms with Crippen LogP contribution < -0.4 is 10.6 Å². The smallest absolute Gasteiger partial charge is 0.195 e. The molecule has 3 rings (SSSR count). The average Bonchev–Trinajstić information content (AvgIpc) is 3.09. The summed E-state index contributed by atoms with van der Waals surface area (Å²) in [4.78, 5) is 8.66. The summed E-state index contributed by atoms with van der Waals surface area (Å²) in [5.41, 5.74) is 9.92. The Labute approximate surface area is 159 Å².